The number of nitrogens with one attached hydrogen (secondary N) is 1. The van der Waals surface area contributed by atoms with Gasteiger partial charge in [-0.1, -0.05) is 12.1 Å². The maximum Gasteiger partial charge on any atom is 0.390 e. The molecule has 8 heteroatoms. The third-order valence-electron chi connectivity index (χ3n) is 4.10. The van der Waals surface area contributed by atoms with E-state index in [1.165, 1.54) is 10.7 Å². The maximum absolute atomic E-state index is 12.3. The summed E-state index contributed by atoms with van der Waals surface area (Å²) in [6, 6.07) is 12.9. The first-order chi connectivity index (χ1) is 12.4. The van der Waals surface area contributed by atoms with Gasteiger partial charge in [0.25, 0.3) is 0 Å². The van der Waals surface area contributed by atoms with E-state index in [1.807, 2.05) is 60.3 Å². The highest BCUT2D eigenvalue weighted by molar-refractivity contribution is 5.76. The molecule has 1 atom stereocenters. The van der Waals surface area contributed by atoms with Crippen molar-refractivity contribution in [2.24, 2.45) is 0 Å². The molecule has 0 saturated carbocycles. The van der Waals surface area contributed by atoms with Crippen molar-refractivity contribution < 1.29 is 9.72 Å². The molecule has 0 fully saturated rings. The van der Waals surface area contributed by atoms with Gasteiger partial charge in [-0.05, 0) is 48.6 Å². The topological polar surface area (TPSA) is 95.0 Å². The van der Waals surface area contributed by atoms with Crippen LogP contribution in [0.2, 0.25) is 0 Å². The highest BCUT2D eigenvalue weighted by atomic mass is 16.6. The number of nitrogens with zero attached hydrogens (tertiary/aromatic N) is 4. The molecule has 1 N–H and O–H groups in total. The van der Waals surface area contributed by atoms with E-state index in [9.17, 15) is 14.9 Å². The molecule has 0 bridgehead atoms. The third kappa shape index (κ3) is 3.80. The van der Waals surface area contributed by atoms with Crippen LogP contribution in [-0.4, -0.2) is 25.2 Å². The minimum absolute atomic E-state index is 0.0682. The van der Waals surface area contributed by atoms with E-state index < -0.39 is 4.92 Å². The molecule has 3 aromatic rings. The molecule has 134 valence electrons. The van der Waals surface area contributed by atoms with Crippen molar-refractivity contribution in [1.82, 2.24) is 19.7 Å². The van der Waals surface area contributed by atoms with Crippen LogP contribution in [0.3, 0.4) is 0 Å². The van der Waals surface area contributed by atoms with Gasteiger partial charge in [-0.2, -0.15) is 4.68 Å². The van der Waals surface area contributed by atoms with Gasteiger partial charge >= 0.3 is 5.82 Å². The summed E-state index contributed by atoms with van der Waals surface area (Å²) in [6.45, 7) is 3.50. The normalized spacial score (nSPS) is 11.9. The molecule has 8 nitrogen and oxygen atoms in total. The van der Waals surface area contributed by atoms with E-state index in [0.29, 0.717) is 5.69 Å². The van der Waals surface area contributed by atoms with E-state index in [1.54, 1.807) is 6.92 Å². The van der Waals surface area contributed by atoms with E-state index in [0.717, 1.165) is 11.3 Å². The molecule has 26 heavy (non-hydrogen) atoms. The van der Waals surface area contributed by atoms with Gasteiger partial charge < -0.3 is 20.0 Å². The largest absolute Gasteiger partial charge is 0.390 e. The SMILES string of the molecule is Cc1cc([N+](=O)[O-])nn1CC(=O)NC(C)c1cccc(-n2cccc2)c1. The summed E-state index contributed by atoms with van der Waals surface area (Å²) in [5, 5.41) is 17.5. The summed E-state index contributed by atoms with van der Waals surface area (Å²) >= 11 is 0. The first-order valence-electron chi connectivity index (χ1n) is 8.15. The number of hydrogen-bond donors (Lipinski definition) is 1. The Labute approximate surface area is 150 Å². The predicted octanol–water partition coefficient (Wildman–Crippen LogP) is 2.77. The summed E-state index contributed by atoms with van der Waals surface area (Å²) < 4.78 is 3.32. The Morgan fingerprint density at radius 3 is 2.65 bits per heavy atom. The summed E-state index contributed by atoms with van der Waals surface area (Å²) in [5.41, 5.74) is 2.54. The minimum atomic E-state index is -0.573. The molecular weight excluding hydrogens is 334 g/mol. The quantitative estimate of drug-likeness (QED) is 0.544. The van der Waals surface area contributed by atoms with Gasteiger partial charge in [-0.25, -0.2) is 0 Å². The number of rotatable bonds is 6. The summed E-state index contributed by atoms with van der Waals surface area (Å²) in [7, 11) is 0. The van der Waals surface area contributed by atoms with Crippen LogP contribution in [0.5, 0.6) is 0 Å². The molecule has 1 unspecified atom stereocenters. The lowest BCUT2D eigenvalue weighted by molar-refractivity contribution is -0.389. The smallest absolute Gasteiger partial charge is 0.358 e. The number of nitro groups is 1. The minimum Gasteiger partial charge on any atom is -0.358 e. The average molecular weight is 353 g/mol. The Balaban J connectivity index is 1.68. The molecule has 0 aliphatic carbocycles. The number of hydrogen-bond acceptors (Lipinski definition) is 4. The van der Waals surface area contributed by atoms with Crippen LogP contribution in [0.4, 0.5) is 5.82 Å². The predicted molar refractivity (Wildman–Crippen MR) is 95.9 cm³/mol. The van der Waals surface area contributed by atoms with Crippen LogP contribution < -0.4 is 5.32 Å². The van der Waals surface area contributed by atoms with E-state index in [2.05, 4.69) is 10.4 Å². The molecule has 0 radical (unpaired) electrons. The lowest BCUT2D eigenvalue weighted by Gasteiger charge is -2.15. The van der Waals surface area contributed by atoms with Crippen LogP contribution in [-0.2, 0) is 11.3 Å². The summed E-state index contributed by atoms with van der Waals surface area (Å²) in [5.74, 6) is -0.521. The fourth-order valence-corrected chi connectivity index (χ4v) is 2.71. The van der Waals surface area contributed by atoms with Gasteiger partial charge in [0.1, 0.15) is 6.54 Å². The Bertz CT molecular complexity index is 930. The summed E-state index contributed by atoms with van der Waals surface area (Å²) in [6.07, 6.45) is 3.91. The maximum atomic E-state index is 12.3. The van der Waals surface area contributed by atoms with Crippen molar-refractivity contribution in [3.63, 3.8) is 0 Å². The number of aryl methyl sites for hydroxylation is 1. The van der Waals surface area contributed by atoms with Gasteiger partial charge in [0.2, 0.25) is 5.91 Å². The van der Waals surface area contributed by atoms with E-state index >= 15 is 0 Å². The van der Waals surface area contributed by atoms with Gasteiger partial charge in [0.05, 0.1) is 22.9 Å². The Hall–Kier alpha value is -3.42. The van der Waals surface area contributed by atoms with Crippen LogP contribution in [0, 0.1) is 17.0 Å². The number of carbonyl (C=O) groups is 1. The van der Waals surface area contributed by atoms with Crippen molar-refractivity contribution >= 4 is 11.7 Å². The molecule has 1 amide bonds. The van der Waals surface area contributed by atoms with Crippen molar-refractivity contribution in [2.45, 2.75) is 26.4 Å². The average Bonchev–Trinajstić information content (AvgIpc) is 3.25. The number of benzene rings is 1. The van der Waals surface area contributed by atoms with Crippen LogP contribution in [0.15, 0.2) is 54.9 Å². The Morgan fingerprint density at radius 1 is 1.27 bits per heavy atom. The lowest BCUT2D eigenvalue weighted by Crippen LogP contribution is -2.30. The molecular formula is C18H19N5O3. The second-order valence-corrected chi connectivity index (χ2v) is 6.03. The molecule has 0 spiro atoms. The van der Waals surface area contributed by atoms with Crippen molar-refractivity contribution in [3.8, 4) is 5.69 Å². The zero-order chi connectivity index (χ0) is 18.7. The third-order valence-corrected chi connectivity index (χ3v) is 4.10. The molecule has 0 aliphatic heterocycles. The monoisotopic (exact) mass is 353 g/mol. The first-order valence-corrected chi connectivity index (χ1v) is 8.15. The first kappa shape index (κ1) is 17.4. The zero-order valence-corrected chi connectivity index (χ0v) is 14.5. The van der Waals surface area contributed by atoms with Gasteiger partial charge in [-0.3, -0.25) is 4.79 Å². The number of amides is 1. The molecule has 2 aromatic heterocycles. The highest BCUT2D eigenvalue weighted by Gasteiger charge is 2.18. The van der Waals surface area contributed by atoms with Gasteiger partial charge in [0, 0.05) is 18.1 Å². The lowest BCUT2D eigenvalue weighted by atomic mass is 10.1. The van der Waals surface area contributed by atoms with Crippen LogP contribution in [0.1, 0.15) is 24.2 Å². The van der Waals surface area contributed by atoms with Crippen LogP contribution >= 0.6 is 0 Å². The fourth-order valence-electron chi connectivity index (χ4n) is 2.71. The van der Waals surface area contributed by atoms with Crippen LogP contribution in [0.25, 0.3) is 5.69 Å². The molecule has 2 heterocycles. The Kier molecular flexibility index (Phi) is 4.83. The highest BCUT2D eigenvalue weighted by Crippen LogP contribution is 2.17. The van der Waals surface area contributed by atoms with Crippen molar-refractivity contribution in [3.05, 3.63) is 76.2 Å². The zero-order valence-electron chi connectivity index (χ0n) is 14.5. The molecule has 1 aromatic carbocycles. The Morgan fingerprint density at radius 2 is 2.00 bits per heavy atom. The van der Waals surface area contributed by atoms with Gasteiger partial charge in [0.15, 0.2) is 0 Å². The molecule has 3 rings (SSSR count). The summed E-state index contributed by atoms with van der Waals surface area (Å²) in [4.78, 5) is 22.5. The van der Waals surface area contributed by atoms with Crippen molar-refractivity contribution in [2.75, 3.05) is 0 Å². The van der Waals surface area contributed by atoms with E-state index in [4.69, 9.17) is 0 Å². The standard InChI is InChI=1S/C18H19N5O3/c1-13-10-17(23(25)26)20-22(13)12-18(24)19-14(2)15-6-5-7-16(11-15)21-8-3-4-9-21/h3-11,14H,12H2,1-2H3,(H,19,24). The molecule has 0 aliphatic rings. The number of aromatic nitrogens is 3. The molecule has 0 saturated heterocycles. The van der Waals surface area contributed by atoms with E-state index in [-0.39, 0.29) is 24.3 Å². The second-order valence-electron chi connectivity index (χ2n) is 6.03. The van der Waals surface area contributed by atoms with Crippen molar-refractivity contribution in [1.29, 1.82) is 0 Å². The van der Waals surface area contributed by atoms with Gasteiger partial charge in [-0.15, -0.1) is 0 Å². The fraction of sp³-hybridized carbons (Fsp3) is 0.222. The second kappa shape index (κ2) is 7.22. The number of carbonyl (C=O) groups excluding carboxylic acids is 1.